The van der Waals surface area contributed by atoms with Gasteiger partial charge in [0.2, 0.25) is 11.8 Å². The number of carbonyl (C=O) groups excluding carboxylic acids is 2. The molecule has 2 aromatic rings. The second kappa shape index (κ2) is 12.2. The molecule has 0 aliphatic rings. The predicted molar refractivity (Wildman–Crippen MR) is 133 cm³/mol. The molecule has 5 nitrogen and oxygen atoms in total. The van der Waals surface area contributed by atoms with Crippen LogP contribution in [0.5, 0.6) is 5.75 Å². The van der Waals surface area contributed by atoms with E-state index in [2.05, 4.69) is 5.32 Å². The van der Waals surface area contributed by atoms with Crippen LogP contribution in [0.4, 0.5) is 0 Å². The van der Waals surface area contributed by atoms with Gasteiger partial charge in [-0.25, -0.2) is 0 Å². The van der Waals surface area contributed by atoms with Crippen LogP contribution < -0.4 is 10.1 Å². The van der Waals surface area contributed by atoms with Crippen molar-refractivity contribution in [2.24, 2.45) is 0 Å². The minimum absolute atomic E-state index is 0.0670. The van der Waals surface area contributed by atoms with E-state index in [9.17, 15) is 9.59 Å². The van der Waals surface area contributed by atoms with E-state index in [1.54, 1.807) is 12.0 Å². The Hall–Kier alpha value is -2.18. The summed E-state index contributed by atoms with van der Waals surface area (Å²) in [5, 5.41) is 3.71. The first-order chi connectivity index (χ1) is 15.1. The number of methoxy groups -OCH3 is 1. The molecule has 0 aliphatic carbocycles. The molecule has 1 atom stereocenters. The molecular weight excluding hydrogens is 444 g/mol. The average molecular weight is 477 g/mol. The number of hydrogen-bond donors (Lipinski definition) is 1. The first-order valence-corrected chi connectivity index (χ1v) is 12.2. The van der Waals surface area contributed by atoms with Gasteiger partial charge in [0.1, 0.15) is 11.8 Å². The zero-order chi connectivity index (χ0) is 23.7. The molecule has 0 saturated carbocycles. The molecule has 2 aromatic carbocycles. The number of halogens is 1. The Morgan fingerprint density at radius 2 is 1.81 bits per heavy atom. The zero-order valence-corrected chi connectivity index (χ0v) is 21.1. The summed E-state index contributed by atoms with van der Waals surface area (Å²) in [5.41, 5.74) is 1.64. The Kier molecular flexibility index (Phi) is 9.91. The van der Waals surface area contributed by atoms with Crippen molar-refractivity contribution in [3.8, 4) is 5.75 Å². The molecule has 0 radical (unpaired) electrons. The summed E-state index contributed by atoms with van der Waals surface area (Å²) >= 11 is 7.48. The Morgan fingerprint density at radius 3 is 2.41 bits per heavy atom. The van der Waals surface area contributed by atoms with Crippen LogP contribution in [-0.2, 0) is 21.9 Å². The van der Waals surface area contributed by atoms with E-state index >= 15 is 0 Å². The number of amides is 2. The van der Waals surface area contributed by atoms with Crippen molar-refractivity contribution in [3.63, 3.8) is 0 Å². The van der Waals surface area contributed by atoms with E-state index in [0.29, 0.717) is 23.7 Å². The summed E-state index contributed by atoms with van der Waals surface area (Å²) < 4.78 is 5.32. The molecule has 32 heavy (non-hydrogen) atoms. The predicted octanol–water partition coefficient (Wildman–Crippen LogP) is 5.30. The molecule has 0 aromatic heterocycles. The molecule has 2 amide bonds. The fourth-order valence-electron chi connectivity index (χ4n) is 3.26. The maximum atomic E-state index is 13.3. The fraction of sp³-hybridized carbons (Fsp3) is 0.440. The number of nitrogens with zero attached hydrogens (tertiary/aromatic N) is 1. The molecule has 0 spiro atoms. The van der Waals surface area contributed by atoms with E-state index in [1.807, 2.05) is 76.2 Å². The van der Waals surface area contributed by atoms with Crippen LogP contribution in [-0.4, -0.2) is 41.2 Å². The van der Waals surface area contributed by atoms with Gasteiger partial charge in [-0.3, -0.25) is 9.59 Å². The fourth-order valence-corrected chi connectivity index (χ4v) is 4.26. The Balaban J connectivity index is 2.17. The standard InChI is InChI=1S/C25H33ClN2O3S/c1-6-22(24(30)27-25(2,3)4)28(15-19-8-7-9-21(14-19)31-5)23(29)17-32-16-18-10-12-20(26)13-11-18/h7-14,22H,6,15-17H2,1-5H3,(H,27,30)/t22-/m0/s1. The summed E-state index contributed by atoms with van der Waals surface area (Å²) in [4.78, 5) is 28.0. The Bertz CT molecular complexity index is 897. The SMILES string of the molecule is CC[C@@H](C(=O)NC(C)(C)C)N(Cc1cccc(OC)c1)C(=O)CSCc1ccc(Cl)cc1. The van der Waals surface area contributed by atoms with Crippen LogP contribution in [0, 0.1) is 0 Å². The van der Waals surface area contributed by atoms with Crippen LogP contribution >= 0.6 is 23.4 Å². The molecular formula is C25H33ClN2O3S. The van der Waals surface area contributed by atoms with E-state index in [-0.39, 0.29) is 23.1 Å². The molecule has 0 bridgehead atoms. The maximum absolute atomic E-state index is 13.3. The largest absolute Gasteiger partial charge is 0.497 e. The highest BCUT2D eigenvalue weighted by Crippen LogP contribution is 2.20. The van der Waals surface area contributed by atoms with Gasteiger partial charge in [-0.1, -0.05) is 42.8 Å². The van der Waals surface area contributed by atoms with Gasteiger partial charge >= 0.3 is 0 Å². The number of thioether (sulfide) groups is 1. The van der Waals surface area contributed by atoms with E-state index < -0.39 is 6.04 Å². The molecule has 0 aliphatic heterocycles. The smallest absolute Gasteiger partial charge is 0.243 e. The number of nitrogens with one attached hydrogen (secondary N) is 1. The molecule has 174 valence electrons. The van der Waals surface area contributed by atoms with E-state index in [4.69, 9.17) is 16.3 Å². The van der Waals surface area contributed by atoms with Crippen LogP contribution in [0.3, 0.4) is 0 Å². The first-order valence-electron chi connectivity index (χ1n) is 10.7. The monoisotopic (exact) mass is 476 g/mol. The minimum atomic E-state index is -0.552. The second-order valence-corrected chi connectivity index (χ2v) is 10.1. The van der Waals surface area contributed by atoms with Gasteiger partial charge in [-0.15, -0.1) is 11.8 Å². The normalized spacial score (nSPS) is 12.2. The van der Waals surface area contributed by atoms with Gasteiger partial charge in [0.15, 0.2) is 0 Å². The lowest BCUT2D eigenvalue weighted by atomic mass is 10.1. The molecule has 1 N–H and O–H groups in total. The summed E-state index contributed by atoms with van der Waals surface area (Å²) in [7, 11) is 1.61. The van der Waals surface area contributed by atoms with Gasteiger partial charge in [-0.2, -0.15) is 0 Å². The molecule has 0 saturated heterocycles. The number of hydrogen-bond acceptors (Lipinski definition) is 4. The molecule has 0 unspecified atom stereocenters. The van der Waals surface area contributed by atoms with Crippen molar-refractivity contribution in [1.29, 1.82) is 0 Å². The van der Waals surface area contributed by atoms with Crippen molar-refractivity contribution in [2.45, 2.75) is 58.0 Å². The van der Waals surface area contributed by atoms with Crippen LogP contribution in [0.25, 0.3) is 0 Å². The van der Waals surface area contributed by atoms with Crippen molar-refractivity contribution < 1.29 is 14.3 Å². The summed E-state index contributed by atoms with van der Waals surface area (Å²) in [6.45, 7) is 8.09. The number of rotatable bonds is 10. The number of benzene rings is 2. The average Bonchev–Trinajstić information content (AvgIpc) is 2.73. The third-order valence-corrected chi connectivity index (χ3v) is 6.02. The van der Waals surface area contributed by atoms with Crippen LogP contribution in [0.2, 0.25) is 5.02 Å². The van der Waals surface area contributed by atoms with Crippen LogP contribution in [0.1, 0.15) is 45.2 Å². The molecule has 0 heterocycles. The van der Waals surface area contributed by atoms with Crippen molar-refractivity contribution in [1.82, 2.24) is 10.2 Å². The lowest BCUT2D eigenvalue weighted by molar-refractivity contribution is -0.140. The highest BCUT2D eigenvalue weighted by molar-refractivity contribution is 7.99. The zero-order valence-electron chi connectivity index (χ0n) is 19.5. The highest BCUT2D eigenvalue weighted by Gasteiger charge is 2.30. The highest BCUT2D eigenvalue weighted by atomic mass is 35.5. The van der Waals surface area contributed by atoms with Crippen molar-refractivity contribution >= 4 is 35.2 Å². The minimum Gasteiger partial charge on any atom is -0.497 e. The van der Waals surface area contributed by atoms with Gasteiger partial charge in [0.25, 0.3) is 0 Å². The van der Waals surface area contributed by atoms with Gasteiger partial charge in [0, 0.05) is 22.9 Å². The second-order valence-electron chi connectivity index (χ2n) is 8.66. The van der Waals surface area contributed by atoms with Crippen LogP contribution in [0.15, 0.2) is 48.5 Å². The number of carbonyl (C=O) groups is 2. The quantitative estimate of drug-likeness (QED) is 0.505. The molecule has 0 fully saturated rings. The molecule has 7 heteroatoms. The summed E-state index contributed by atoms with van der Waals surface area (Å²) in [5.74, 6) is 1.49. The van der Waals surface area contributed by atoms with Gasteiger partial charge in [-0.05, 0) is 62.6 Å². The Labute approximate surface area is 200 Å². The van der Waals surface area contributed by atoms with Crippen molar-refractivity contribution in [3.05, 3.63) is 64.7 Å². The third-order valence-electron chi connectivity index (χ3n) is 4.78. The maximum Gasteiger partial charge on any atom is 0.243 e. The third kappa shape index (κ3) is 8.40. The first kappa shape index (κ1) is 26.1. The number of ether oxygens (including phenoxy) is 1. The van der Waals surface area contributed by atoms with E-state index in [1.165, 1.54) is 11.8 Å². The van der Waals surface area contributed by atoms with E-state index in [0.717, 1.165) is 16.9 Å². The van der Waals surface area contributed by atoms with Crippen molar-refractivity contribution in [2.75, 3.05) is 12.9 Å². The molecule has 2 rings (SSSR count). The van der Waals surface area contributed by atoms with Gasteiger partial charge in [0.05, 0.1) is 12.9 Å². The Morgan fingerprint density at radius 1 is 1.12 bits per heavy atom. The van der Waals surface area contributed by atoms with Gasteiger partial charge < -0.3 is 15.0 Å². The lowest BCUT2D eigenvalue weighted by Crippen LogP contribution is -2.53. The lowest BCUT2D eigenvalue weighted by Gasteiger charge is -2.33. The summed E-state index contributed by atoms with van der Waals surface area (Å²) in [6.07, 6.45) is 0.527. The topological polar surface area (TPSA) is 58.6 Å². The summed E-state index contributed by atoms with van der Waals surface area (Å²) in [6, 6.07) is 14.6.